The molecule has 3 aromatic rings. The Balaban J connectivity index is 1.91. The highest BCUT2D eigenvalue weighted by atomic mass is 16.1. The number of para-hydroxylation sites is 1. The summed E-state index contributed by atoms with van der Waals surface area (Å²) in [6.45, 7) is 2.06. The van der Waals surface area contributed by atoms with Crippen LogP contribution in [-0.4, -0.2) is 15.7 Å². The summed E-state index contributed by atoms with van der Waals surface area (Å²) in [5, 5.41) is 6.99. The number of aromatic nitrogens is 2. The number of rotatable bonds is 3. The van der Waals surface area contributed by atoms with Gasteiger partial charge in [0, 0.05) is 24.5 Å². The van der Waals surface area contributed by atoms with Gasteiger partial charge in [-0.25, -0.2) is 0 Å². The first-order chi connectivity index (χ1) is 10.6. The number of nitrogens with one attached hydrogen (secondary N) is 1. The summed E-state index contributed by atoms with van der Waals surface area (Å²) in [6.07, 6.45) is 3.26. The largest absolute Gasteiger partial charge is 0.321 e. The molecule has 4 nitrogen and oxygen atoms in total. The van der Waals surface area contributed by atoms with Gasteiger partial charge in [-0.05, 0) is 18.6 Å². The molecule has 4 heteroatoms. The highest BCUT2D eigenvalue weighted by Gasteiger charge is 2.11. The molecular formula is C18H17N3O. The van der Waals surface area contributed by atoms with Crippen molar-refractivity contribution >= 4 is 11.6 Å². The van der Waals surface area contributed by atoms with Crippen molar-refractivity contribution in [2.45, 2.75) is 6.92 Å². The second-order valence-corrected chi connectivity index (χ2v) is 5.27. The van der Waals surface area contributed by atoms with Gasteiger partial charge >= 0.3 is 0 Å². The van der Waals surface area contributed by atoms with Gasteiger partial charge in [0.05, 0.1) is 11.8 Å². The van der Waals surface area contributed by atoms with E-state index >= 15 is 0 Å². The van der Waals surface area contributed by atoms with Crippen LogP contribution in [0.5, 0.6) is 0 Å². The molecule has 0 aliphatic heterocycles. The molecule has 22 heavy (non-hydrogen) atoms. The summed E-state index contributed by atoms with van der Waals surface area (Å²) in [4.78, 5) is 12.3. The number of anilines is 1. The molecule has 0 spiro atoms. The molecule has 1 N–H and O–H groups in total. The van der Waals surface area contributed by atoms with Gasteiger partial charge in [-0.2, -0.15) is 5.10 Å². The number of nitrogens with zero attached hydrogens (tertiary/aromatic N) is 2. The van der Waals surface area contributed by atoms with Crippen molar-refractivity contribution in [1.29, 1.82) is 0 Å². The summed E-state index contributed by atoms with van der Waals surface area (Å²) in [5.41, 5.74) is 4.62. The van der Waals surface area contributed by atoms with Gasteiger partial charge in [-0.3, -0.25) is 9.48 Å². The molecule has 0 saturated carbocycles. The Morgan fingerprint density at radius 1 is 1.09 bits per heavy atom. The van der Waals surface area contributed by atoms with E-state index < -0.39 is 0 Å². The minimum Gasteiger partial charge on any atom is -0.321 e. The van der Waals surface area contributed by atoms with Gasteiger partial charge in [0.15, 0.2) is 0 Å². The molecule has 0 aliphatic carbocycles. The first-order valence-electron chi connectivity index (χ1n) is 7.09. The number of amides is 1. The Bertz CT molecular complexity index is 803. The Labute approximate surface area is 129 Å². The molecule has 0 bridgehead atoms. The fourth-order valence-corrected chi connectivity index (χ4v) is 2.31. The SMILES string of the molecule is Cc1ccc(-c2ccccc2NC(=O)c2cnn(C)c2)cc1. The molecule has 0 atom stereocenters. The van der Waals surface area contributed by atoms with Crippen LogP contribution >= 0.6 is 0 Å². The van der Waals surface area contributed by atoms with Crippen LogP contribution < -0.4 is 5.32 Å². The number of carbonyl (C=O) groups is 1. The molecule has 1 aromatic heterocycles. The molecular weight excluding hydrogens is 274 g/mol. The smallest absolute Gasteiger partial charge is 0.258 e. The van der Waals surface area contributed by atoms with E-state index in [1.807, 2.05) is 24.3 Å². The summed E-state index contributed by atoms with van der Waals surface area (Å²) >= 11 is 0. The molecule has 0 unspecified atom stereocenters. The second kappa shape index (κ2) is 5.85. The predicted octanol–water partition coefficient (Wildman–Crippen LogP) is 3.65. The Hall–Kier alpha value is -2.88. The van der Waals surface area contributed by atoms with Gasteiger partial charge < -0.3 is 5.32 Å². The van der Waals surface area contributed by atoms with Gasteiger partial charge in [0.25, 0.3) is 5.91 Å². The van der Waals surface area contributed by atoms with Gasteiger partial charge in [0.2, 0.25) is 0 Å². The van der Waals surface area contributed by atoms with Gasteiger partial charge in [-0.15, -0.1) is 0 Å². The number of benzene rings is 2. The van der Waals surface area contributed by atoms with Crippen molar-refractivity contribution in [3.8, 4) is 11.1 Å². The van der Waals surface area contributed by atoms with Crippen molar-refractivity contribution in [2.75, 3.05) is 5.32 Å². The maximum atomic E-state index is 12.3. The van der Waals surface area contributed by atoms with Crippen molar-refractivity contribution < 1.29 is 4.79 Å². The maximum Gasteiger partial charge on any atom is 0.258 e. The first-order valence-corrected chi connectivity index (χ1v) is 7.09. The lowest BCUT2D eigenvalue weighted by molar-refractivity contribution is 0.102. The maximum absolute atomic E-state index is 12.3. The zero-order chi connectivity index (χ0) is 15.5. The summed E-state index contributed by atoms with van der Waals surface area (Å²) in [7, 11) is 1.79. The van der Waals surface area contributed by atoms with Crippen LogP contribution in [0.4, 0.5) is 5.69 Å². The third-order valence-electron chi connectivity index (χ3n) is 3.50. The average Bonchev–Trinajstić information content (AvgIpc) is 2.95. The first kappa shape index (κ1) is 14.1. The zero-order valence-corrected chi connectivity index (χ0v) is 12.6. The van der Waals surface area contributed by atoms with Crippen LogP contribution in [0.15, 0.2) is 60.9 Å². The number of aryl methyl sites for hydroxylation is 2. The molecule has 0 fully saturated rings. The molecule has 110 valence electrons. The van der Waals surface area contributed by atoms with E-state index in [4.69, 9.17) is 0 Å². The fourth-order valence-electron chi connectivity index (χ4n) is 2.31. The lowest BCUT2D eigenvalue weighted by Crippen LogP contribution is -2.11. The monoisotopic (exact) mass is 291 g/mol. The molecule has 3 rings (SSSR count). The number of hydrogen-bond acceptors (Lipinski definition) is 2. The average molecular weight is 291 g/mol. The third-order valence-corrected chi connectivity index (χ3v) is 3.50. The molecule has 0 saturated heterocycles. The third kappa shape index (κ3) is 2.91. The zero-order valence-electron chi connectivity index (χ0n) is 12.6. The Morgan fingerprint density at radius 3 is 2.50 bits per heavy atom. The van der Waals surface area contributed by atoms with E-state index in [9.17, 15) is 4.79 Å². The van der Waals surface area contributed by atoms with E-state index in [1.54, 1.807) is 24.1 Å². The van der Waals surface area contributed by atoms with Crippen LogP contribution in [0.1, 0.15) is 15.9 Å². The molecule has 0 radical (unpaired) electrons. The Morgan fingerprint density at radius 2 is 1.82 bits per heavy atom. The lowest BCUT2D eigenvalue weighted by atomic mass is 10.0. The second-order valence-electron chi connectivity index (χ2n) is 5.27. The number of carbonyl (C=O) groups excluding carboxylic acids is 1. The van der Waals surface area contributed by atoms with Crippen molar-refractivity contribution in [3.63, 3.8) is 0 Å². The minimum atomic E-state index is -0.160. The van der Waals surface area contributed by atoms with Crippen LogP contribution in [0.25, 0.3) is 11.1 Å². The van der Waals surface area contributed by atoms with E-state index in [0.717, 1.165) is 16.8 Å². The molecule has 1 heterocycles. The standard InChI is InChI=1S/C18H17N3O/c1-13-7-9-14(10-8-13)16-5-3-4-6-17(16)20-18(22)15-11-19-21(2)12-15/h3-12H,1-2H3,(H,20,22). The summed E-state index contributed by atoms with van der Waals surface area (Å²) in [6, 6.07) is 16.0. The summed E-state index contributed by atoms with van der Waals surface area (Å²) in [5.74, 6) is -0.160. The van der Waals surface area contributed by atoms with E-state index in [0.29, 0.717) is 5.56 Å². The van der Waals surface area contributed by atoms with E-state index in [1.165, 1.54) is 5.56 Å². The normalized spacial score (nSPS) is 10.5. The van der Waals surface area contributed by atoms with Crippen molar-refractivity contribution in [2.24, 2.45) is 7.05 Å². The number of hydrogen-bond donors (Lipinski definition) is 1. The van der Waals surface area contributed by atoms with Crippen LogP contribution in [-0.2, 0) is 7.05 Å². The van der Waals surface area contributed by atoms with Gasteiger partial charge in [0.1, 0.15) is 0 Å². The van der Waals surface area contributed by atoms with E-state index in [2.05, 4.69) is 41.6 Å². The quantitative estimate of drug-likeness (QED) is 0.800. The van der Waals surface area contributed by atoms with Crippen LogP contribution in [0.2, 0.25) is 0 Å². The lowest BCUT2D eigenvalue weighted by Gasteiger charge is -2.11. The topological polar surface area (TPSA) is 46.9 Å². The molecule has 1 amide bonds. The van der Waals surface area contributed by atoms with Crippen molar-refractivity contribution in [3.05, 3.63) is 72.1 Å². The predicted molar refractivity (Wildman–Crippen MR) is 87.8 cm³/mol. The van der Waals surface area contributed by atoms with E-state index in [-0.39, 0.29) is 5.91 Å². The summed E-state index contributed by atoms with van der Waals surface area (Å²) < 4.78 is 1.61. The van der Waals surface area contributed by atoms with Crippen LogP contribution in [0.3, 0.4) is 0 Å². The highest BCUT2D eigenvalue weighted by Crippen LogP contribution is 2.28. The van der Waals surface area contributed by atoms with Crippen molar-refractivity contribution in [1.82, 2.24) is 9.78 Å². The molecule has 0 aliphatic rings. The minimum absolute atomic E-state index is 0.160. The molecule has 2 aromatic carbocycles. The van der Waals surface area contributed by atoms with Gasteiger partial charge in [-0.1, -0.05) is 48.0 Å². The fraction of sp³-hybridized carbons (Fsp3) is 0.111. The Kier molecular flexibility index (Phi) is 3.74. The highest BCUT2D eigenvalue weighted by molar-refractivity contribution is 6.06. The van der Waals surface area contributed by atoms with Crippen LogP contribution in [0, 0.1) is 6.92 Å².